The first-order valence-corrected chi connectivity index (χ1v) is 6.60. The van der Waals surface area contributed by atoms with Crippen molar-refractivity contribution in [2.24, 2.45) is 0 Å². The number of likely N-dealkylation sites (tertiary alicyclic amines) is 1. The zero-order valence-electron chi connectivity index (χ0n) is 11.1. The molecule has 0 bridgehead atoms. The number of hydrogen-bond acceptors (Lipinski definition) is 2. The first-order chi connectivity index (χ1) is 8.56. The molecule has 0 saturated carbocycles. The second-order valence-corrected chi connectivity index (χ2v) is 5.32. The van der Waals surface area contributed by atoms with Gasteiger partial charge in [0.05, 0.1) is 0 Å². The van der Waals surface area contributed by atoms with Crippen LogP contribution >= 0.6 is 0 Å². The Morgan fingerprint density at radius 2 is 1.94 bits per heavy atom. The molecule has 0 spiro atoms. The summed E-state index contributed by atoms with van der Waals surface area (Å²) in [7, 11) is 0. The monoisotopic (exact) mass is 247 g/mol. The first-order valence-electron chi connectivity index (χ1n) is 6.60. The van der Waals surface area contributed by atoms with E-state index in [2.05, 4.69) is 36.9 Å². The van der Waals surface area contributed by atoms with Crippen molar-refractivity contribution in [3.8, 4) is 0 Å². The molecule has 0 aromatic heterocycles. The number of carboxylic acid groups (broad SMARTS) is 1. The topological polar surface area (TPSA) is 40.5 Å². The highest BCUT2D eigenvalue weighted by Gasteiger charge is 2.28. The van der Waals surface area contributed by atoms with Gasteiger partial charge in [-0.05, 0) is 38.8 Å². The van der Waals surface area contributed by atoms with Crippen molar-refractivity contribution in [3.05, 3.63) is 34.9 Å². The van der Waals surface area contributed by atoms with Crippen LogP contribution < -0.4 is 0 Å². The van der Waals surface area contributed by atoms with Gasteiger partial charge in [0.25, 0.3) is 0 Å². The molecule has 3 heteroatoms. The number of hydrogen-bond donors (Lipinski definition) is 1. The highest BCUT2D eigenvalue weighted by atomic mass is 16.4. The highest BCUT2D eigenvalue weighted by molar-refractivity contribution is 5.73. The number of benzene rings is 1. The lowest BCUT2D eigenvalue weighted by atomic mass is 10.0. The first kappa shape index (κ1) is 13.1. The number of carboxylic acids is 1. The minimum atomic E-state index is -0.681. The summed E-state index contributed by atoms with van der Waals surface area (Å²) in [5.74, 6) is -0.681. The molecule has 1 saturated heterocycles. The van der Waals surface area contributed by atoms with Gasteiger partial charge < -0.3 is 5.11 Å². The van der Waals surface area contributed by atoms with Crippen LogP contribution in [0.25, 0.3) is 0 Å². The molecule has 1 aliphatic heterocycles. The van der Waals surface area contributed by atoms with Crippen LogP contribution in [0.5, 0.6) is 0 Å². The third-order valence-corrected chi connectivity index (χ3v) is 3.57. The van der Waals surface area contributed by atoms with Crippen molar-refractivity contribution in [3.63, 3.8) is 0 Å². The Hall–Kier alpha value is -1.35. The van der Waals surface area contributed by atoms with E-state index in [0.717, 1.165) is 32.4 Å². The van der Waals surface area contributed by atoms with Gasteiger partial charge in [0.15, 0.2) is 0 Å². The molecule has 3 nitrogen and oxygen atoms in total. The summed E-state index contributed by atoms with van der Waals surface area (Å²) in [4.78, 5) is 13.3. The average molecular weight is 247 g/mol. The van der Waals surface area contributed by atoms with E-state index in [9.17, 15) is 9.90 Å². The van der Waals surface area contributed by atoms with Crippen LogP contribution in [-0.2, 0) is 11.3 Å². The third-order valence-electron chi connectivity index (χ3n) is 3.57. The van der Waals surface area contributed by atoms with Gasteiger partial charge >= 0.3 is 5.97 Å². The Bertz CT molecular complexity index is 422. The fraction of sp³-hybridized carbons (Fsp3) is 0.533. The largest absolute Gasteiger partial charge is 0.480 e. The van der Waals surface area contributed by atoms with E-state index >= 15 is 0 Å². The number of carbonyl (C=O) groups is 1. The number of aliphatic carboxylic acids is 1. The number of rotatable bonds is 3. The summed E-state index contributed by atoms with van der Waals surface area (Å²) in [5, 5.41) is 9.25. The molecule has 1 N–H and O–H groups in total. The summed E-state index contributed by atoms with van der Waals surface area (Å²) >= 11 is 0. The van der Waals surface area contributed by atoms with Gasteiger partial charge in [0.1, 0.15) is 6.04 Å². The lowest BCUT2D eigenvalue weighted by Crippen LogP contribution is -2.44. The van der Waals surface area contributed by atoms with E-state index in [-0.39, 0.29) is 6.04 Å². The Morgan fingerprint density at radius 3 is 2.56 bits per heavy atom. The minimum absolute atomic E-state index is 0.306. The van der Waals surface area contributed by atoms with Gasteiger partial charge in [-0.2, -0.15) is 0 Å². The molecule has 0 aliphatic carbocycles. The van der Waals surface area contributed by atoms with Gasteiger partial charge in [-0.15, -0.1) is 0 Å². The molecule has 0 amide bonds. The van der Waals surface area contributed by atoms with E-state index in [1.54, 1.807) is 0 Å². The molecule has 1 aliphatic rings. The van der Waals surface area contributed by atoms with Gasteiger partial charge in [0, 0.05) is 6.54 Å². The van der Waals surface area contributed by atoms with E-state index in [4.69, 9.17) is 0 Å². The van der Waals surface area contributed by atoms with Crippen molar-refractivity contribution in [2.45, 2.75) is 45.7 Å². The molecule has 1 aromatic rings. The average Bonchev–Trinajstić information content (AvgIpc) is 2.27. The van der Waals surface area contributed by atoms with Crippen LogP contribution in [0, 0.1) is 13.8 Å². The van der Waals surface area contributed by atoms with E-state index < -0.39 is 5.97 Å². The Kier molecular flexibility index (Phi) is 4.02. The van der Waals surface area contributed by atoms with Crippen molar-refractivity contribution >= 4 is 5.97 Å². The van der Waals surface area contributed by atoms with Crippen LogP contribution in [0.15, 0.2) is 18.2 Å². The number of piperidine rings is 1. The zero-order chi connectivity index (χ0) is 13.1. The van der Waals surface area contributed by atoms with Crippen molar-refractivity contribution in [2.75, 3.05) is 6.54 Å². The summed E-state index contributed by atoms with van der Waals surface area (Å²) in [5.41, 5.74) is 3.71. The summed E-state index contributed by atoms with van der Waals surface area (Å²) in [6.45, 7) is 5.81. The SMILES string of the molecule is Cc1cc(C)cc(CN2CCCCC2C(=O)O)c1. The quantitative estimate of drug-likeness (QED) is 0.892. The van der Waals surface area contributed by atoms with Crippen LogP contribution in [0.3, 0.4) is 0 Å². The van der Waals surface area contributed by atoms with Crippen LogP contribution in [0.4, 0.5) is 0 Å². The summed E-state index contributed by atoms with van der Waals surface area (Å²) < 4.78 is 0. The molecule has 1 fully saturated rings. The molecule has 2 rings (SSSR count). The van der Waals surface area contributed by atoms with Crippen LogP contribution in [-0.4, -0.2) is 28.6 Å². The van der Waals surface area contributed by atoms with Crippen molar-refractivity contribution in [1.82, 2.24) is 4.90 Å². The van der Waals surface area contributed by atoms with Gasteiger partial charge in [0.2, 0.25) is 0 Å². The maximum Gasteiger partial charge on any atom is 0.320 e. The predicted octanol–water partition coefficient (Wildman–Crippen LogP) is 2.74. The molecule has 1 aromatic carbocycles. The standard InChI is InChI=1S/C15H21NO2/c1-11-7-12(2)9-13(8-11)10-16-6-4-3-5-14(16)15(17)18/h7-9,14H,3-6,10H2,1-2H3,(H,17,18). The predicted molar refractivity (Wildman–Crippen MR) is 71.6 cm³/mol. The smallest absolute Gasteiger partial charge is 0.320 e. The Balaban J connectivity index is 2.13. The fourth-order valence-corrected chi connectivity index (χ4v) is 2.85. The second-order valence-electron chi connectivity index (χ2n) is 5.32. The number of aryl methyl sites for hydroxylation is 2. The molecule has 1 unspecified atom stereocenters. The normalized spacial score (nSPS) is 20.9. The minimum Gasteiger partial charge on any atom is -0.480 e. The maximum atomic E-state index is 11.2. The highest BCUT2D eigenvalue weighted by Crippen LogP contribution is 2.20. The van der Waals surface area contributed by atoms with Crippen molar-refractivity contribution in [1.29, 1.82) is 0 Å². The molecule has 98 valence electrons. The molecule has 0 radical (unpaired) electrons. The Morgan fingerprint density at radius 1 is 1.28 bits per heavy atom. The van der Waals surface area contributed by atoms with Gasteiger partial charge in [-0.25, -0.2) is 0 Å². The molecule has 1 heterocycles. The maximum absolute atomic E-state index is 11.2. The second kappa shape index (κ2) is 5.53. The number of nitrogens with zero attached hydrogens (tertiary/aromatic N) is 1. The third kappa shape index (κ3) is 3.10. The van der Waals surface area contributed by atoms with Gasteiger partial charge in [-0.1, -0.05) is 35.7 Å². The molecular weight excluding hydrogens is 226 g/mol. The summed E-state index contributed by atoms with van der Waals surface area (Å²) in [6.07, 6.45) is 2.91. The summed E-state index contributed by atoms with van der Waals surface area (Å²) in [6, 6.07) is 6.15. The van der Waals surface area contributed by atoms with Crippen molar-refractivity contribution < 1.29 is 9.90 Å². The van der Waals surface area contributed by atoms with E-state index in [1.165, 1.54) is 16.7 Å². The molecule has 18 heavy (non-hydrogen) atoms. The fourth-order valence-electron chi connectivity index (χ4n) is 2.85. The van der Waals surface area contributed by atoms with Crippen LogP contribution in [0.1, 0.15) is 36.0 Å². The lowest BCUT2D eigenvalue weighted by Gasteiger charge is -2.33. The zero-order valence-corrected chi connectivity index (χ0v) is 11.1. The Labute approximate surface area is 108 Å². The van der Waals surface area contributed by atoms with E-state index in [1.807, 2.05) is 0 Å². The molecular formula is C15H21NO2. The van der Waals surface area contributed by atoms with E-state index in [0.29, 0.717) is 0 Å². The lowest BCUT2D eigenvalue weighted by molar-refractivity contribution is -0.144. The molecule has 1 atom stereocenters. The van der Waals surface area contributed by atoms with Gasteiger partial charge in [-0.3, -0.25) is 9.69 Å². The van der Waals surface area contributed by atoms with Crippen LogP contribution in [0.2, 0.25) is 0 Å².